The predicted octanol–water partition coefficient (Wildman–Crippen LogP) is -2.28. The Morgan fingerprint density at radius 3 is 2.00 bits per heavy atom. The first-order valence-electron chi connectivity index (χ1n) is 8.73. The molecular weight excluding hydrogens is 390 g/mol. The molecule has 11 nitrogen and oxygen atoms in total. The fourth-order valence-corrected chi connectivity index (χ4v) is 2.28. The van der Waals surface area contributed by atoms with E-state index < -0.39 is 60.2 Å². The largest absolute Gasteiger partial charge is 0.480 e. The number of carboxylic acid groups (broad SMARTS) is 1. The van der Waals surface area contributed by atoms with Gasteiger partial charge in [-0.3, -0.25) is 19.2 Å². The predicted molar refractivity (Wildman–Crippen MR) is 104 cm³/mol. The van der Waals surface area contributed by atoms with Crippen LogP contribution in [0.3, 0.4) is 0 Å². The fourth-order valence-electron chi connectivity index (χ4n) is 2.11. The monoisotopic (exact) mass is 419 g/mol. The van der Waals surface area contributed by atoms with E-state index in [1.807, 2.05) is 0 Å². The Balaban J connectivity index is 5.17. The van der Waals surface area contributed by atoms with Crippen molar-refractivity contribution in [2.75, 3.05) is 5.75 Å². The Hall–Kier alpha value is -2.34. The highest BCUT2D eigenvalue weighted by molar-refractivity contribution is 7.80. The molecule has 28 heavy (non-hydrogen) atoms. The van der Waals surface area contributed by atoms with Crippen LogP contribution in [0.1, 0.15) is 33.6 Å². The van der Waals surface area contributed by atoms with Gasteiger partial charge in [0.15, 0.2) is 0 Å². The SMILES string of the molecule is CCC(C)C(NC(=O)C(CC(N)=O)NC(=O)C(C)NC(=O)C(N)CS)C(=O)O. The van der Waals surface area contributed by atoms with E-state index in [1.54, 1.807) is 13.8 Å². The van der Waals surface area contributed by atoms with Crippen LogP contribution in [0, 0.1) is 5.92 Å². The fraction of sp³-hybridized carbons (Fsp3) is 0.688. The van der Waals surface area contributed by atoms with Gasteiger partial charge < -0.3 is 32.5 Å². The average molecular weight is 420 g/mol. The topological polar surface area (TPSA) is 194 Å². The standard InChI is InChI=1S/C16H29N5O6S/c1-4-7(2)12(16(26)27)21-15(25)10(5-11(18)22)20-13(23)8(3)19-14(24)9(17)6-28/h7-10,12,28H,4-6,17H2,1-3H3,(H2,18,22)(H,19,24)(H,20,23)(H,21,25)(H,26,27). The van der Waals surface area contributed by atoms with Gasteiger partial charge in [0, 0.05) is 5.75 Å². The van der Waals surface area contributed by atoms with Gasteiger partial charge in [-0.1, -0.05) is 20.3 Å². The van der Waals surface area contributed by atoms with Crippen LogP contribution in [-0.4, -0.2) is 64.6 Å². The van der Waals surface area contributed by atoms with E-state index in [0.717, 1.165) is 0 Å². The minimum Gasteiger partial charge on any atom is -0.480 e. The number of nitrogens with one attached hydrogen (secondary N) is 3. The number of nitrogens with two attached hydrogens (primary N) is 2. The molecule has 4 amide bonds. The maximum Gasteiger partial charge on any atom is 0.326 e. The number of rotatable bonds is 12. The molecule has 0 fully saturated rings. The highest BCUT2D eigenvalue weighted by Gasteiger charge is 2.31. The molecule has 0 heterocycles. The molecule has 0 aliphatic heterocycles. The molecule has 0 rings (SSSR count). The Labute approximate surface area is 168 Å². The van der Waals surface area contributed by atoms with Crippen LogP contribution in [0.25, 0.3) is 0 Å². The maximum atomic E-state index is 12.4. The molecule has 0 aromatic carbocycles. The van der Waals surface area contributed by atoms with Gasteiger partial charge in [-0.2, -0.15) is 12.6 Å². The van der Waals surface area contributed by atoms with Crippen molar-refractivity contribution in [2.45, 2.75) is 57.8 Å². The van der Waals surface area contributed by atoms with Gasteiger partial charge in [0.2, 0.25) is 23.6 Å². The number of hydrogen-bond donors (Lipinski definition) is 7. The second-order valence-corrected chi connectivity index (χ2v) is 6.83. The average Bonchev–Trinajstić information content (AvgIpc) is 2.62. The van der Waals surface area contributed by atoms with Gasteiger partial charge in [-0.25, -0.2) is 4.79 Å². The summed E-state index contributed by atoms with van der Waals surface area (Å²) >= 11 is 3.88. The van der Waals surface area contributed by atoms with Crippen molar-refractivity contribution >= 4 is 42.2 Å². The summed E-state index contributed by atoms with van der Waals surface area (Å²) < 4.78 is 0. The van der Waals surface area contributed by atoms with E-state index in [1.165, 1.54) is 6.92 Å². The van der Waals surface area contributed by atoms with E-state index >= 15 is 0 Å². The van der Waals surface area contributed by atoms with E-state index in [9.17, 15) is 29.1 Å². The summed E-state index contributed by atoms with van der Waals surface area (Å²) in [6.07, 6.45) is -0.0558. The molecule has 0 radical (unpaired) electrons. The van der Waals surface area contributed by atoms with Crippen molar-refractivity contribution in [3.05, 3.63) is 0 Å². The second-order valence-electron chi connectivity index (χ2n) is 6.46. The molecule has 0 saturated heterocycles. The lowest BCUT2D eigenvalue weighted by Crippen LogP contribution is -2.57. The molecule has 5 atom stereocenters. The Kier molecular flexibility index (Phi) is 11.2. The lowest BCUT2D eigenvalue weighted by atomic mass is 9.98. The first-order valence-corrected chi connectivity index (χ1v) is 9.36. The third-order valence-corrected chi connectivity index (χ3v) is 4.49. The number of primary amides is 1. The van der Waals surface area contributed by atoms with Gasteiger partial charge in [0.1, 0.15) is 18.1 Å². The zero-order valence-electron chi connectivity index (χ0n) is 16.1. The summed E-state index contributed by atoms with van der Waals surface area (Å²) in [5, 5.41) is 16.2. The minimum atomic E-state index is -1.39. The number of carbonyl (C=O) groups is 5. The summed E-state index contributed by atoms with van der Waals surface area (Å²) in [6, 6.07) is -4.58. The van der Waals surface area contributed by atoms with Crippen molar-refractivity contribution < 1.29 is 29.1 Å². The van der Waals surface area contributed by atoms with Crippen LogP contribution >= 0.6 is 12.6 Å². The summed E-state index contributed by atoms with van der Waals surface area (Å²) in [5.41, 5.74) is 10.6. The quantitative estimate of drug-likeness (QED) is 0.173. The third-order valence-electron chi connectivity index (χ3n) is 4.10. The second kappa shape index (κ2) is 12.2. The number of amides is 4. The van der Waals surface area contributed by atoms with E-state index in [0.29, 0.717) is 6.42 Å². The molecule has 0 saturated carbocycles. The third kappa shape index (κ3) is 8.57. The smallest absolute Gasteiger partial charge is 0.326 e. The van der Waals surface area contributed by atoms with Crippen LogP contribution in [0.5, 0.6) is 0 Å². The number of thiol groups is 1. The van der Waals surface area contributed by atoms with Gasteiger partial charge in [0.25, 0.3) is 0 Å². The number of carboxylic acids is 1. The highest BCUT2D eigenvalue weighted by atomic mass is 32.1. The first-order chi connectivity index (χ1) is 12.9. The van der Waals surface area contributed by atoms with Crippen LogP contribution < -0.4 is 27.4 Å². The normalized spacial score (nSPS) is 16.0. The summed E-state index contributed by atoms with van der Waals surface area (Å²) in [4.78, 5) is 59.1. The number of aliphatic carboxylic acids is 1. The molecule has 8 N–H and O–H groups in total. The lowest BCUT2D eigenvalue weighted by molar-refractivity contribution is -0.144. The van der Waals surface area contributed by atoms with Gasteiger partial charge >= 0.3 is 5.97 Å². The maximum absolute atomic E-state index is 12.4. The lowest BCUT2D eigenvalue weighted by Gasteiger charge is -2.25. The Morgan fingerprint density at radius 2 is 1.57 bits per heavy atom. The molecular formula is C16H29N5O6S. The minimum absolute atomic E-state index is 0.0685. The molecule has 0 spiro atoms. The Morgan fingerprint density at radius 1 is 1.00 bits per heavy atom. The van der Waals surface area contributed by atoms with Crippen LogP contribution in [-0.2, 0) is 24.0 Å². The van der Waals surface area contributed by atoms with Crippen LogP contribution in [0.4, 0.5) is 0 Å². The van der Waals surface area contributed by atoms with Gasteiger partial charge in [0.05, 0.1) is 12.5 Å². The molecule has 0 aliphatic carbocycles. The van der Waals surface area contributed by atoms with Crippen LogP contribution in [0.2, 0.25) is 0 Å². The first kappa shape index (κ1) is 25.7. The van der Waals surface area contributed by atoms with Gasteiger partial charge in [-0.05, 0) is 12.8 Å². The van der Waals surface area contributed by atoms with Crippen molar-refractivity contribution in [3.63, 3.8) is 0 Å². The van der Waals surface area contributed by atoms with E-state index in [2.05, 4.69) is 28.6 Å². The summed E-state index contributed by atoms with van der Waals surface area (Å²) in [6.45, 7) is 4.76. The molecule has 5 unspecified atom stereocenters. The molecule has 0 aromatic heterocycles. The summed E-state index contributed by atoms with van der Waals surface area (Å²) in [5.74, 6) is -4.68. The van der Waals surface area contributed by atoms with Gasteiger partial charge in [-0.15, -0.1) is 0 Å². The molecule has 0 bridgehead atoms. The van der Waals surface area contributed by atoms with Crippen molar-refractivity contribution in [2.24, 2.45) is 17.4 Å². The van der Waals surface area contributed by atoms with Crippen molar-refractivity contribution in [1.29, 1.82) is 0 Å². The molecule has 0 aromatic rings. The highest BCUT2D eigenvalue weighted by Crippen LogP contribution is 2.08. The summed E-state index contributed by atoms with van der Waals surface area (Å²) in [7, 11) is 0. The molecule has 0 aliphatic rings. The Bertz CT molecular complexity index is 602. The van der Waals surface area contributed by atoms with Crippen molar-refractivity contribution in [1.82, 2.24) is 16.0 Å². The number of carbonyl (C=O) groups excluding carboxylic acids is 4. The van der Waals surface area contributed by atoms with E-state index in [4.69, 9.17) is 11.5 Å². The van der Waals surface area contributed by atoms with E-state index in [-0.39, 0.29) is 11.7 Å². The zero-order valence-corrected chi connectivity index (χ0v) is 17.0. The molecule has 160 valence electrons. The zero-order chi connectivity index (χ0) is 22.0. The van der Waals surface area contributed by atoms with Crippen molar-refractivity contribution in [3.8, 4) is 0 Å². The van der Waals surface area contributed by atoms with Crippen LogP contribution in [0.15, 0.2) is 0 Å². The molecule has 12 heteroatoms. The number of hydrogen-bond acceptors (Lipinski definition) is 7.